The summed E-state index contributed by atoms with van der Waals surface area (Å²) in [6.07, 6.45) is 3.95. The highest BCUT2D eigenvalue weighted by Crippen LogP contribution is 2.16. The van der Waals surface area contributed by atoms with Crippen LogP contribution < -0.4 is 10.6 Å². The first-order valence-corrected chi connectivity index (χ1v) is 10.3. The number of unbranched alkanes of at least 4 members (excludes halogenated alkanes) is 1. The van der Waals surface area contributed by atoms with Gasteiger partial charge in [-0.2, -0.15) is 0 Å². The SMILES string of the molecule is CCCCNC(=NCC(=O)N(C)C)NC1CCN(Cc2ccc(F)c(F)c2)CC1. The van der Waals surface area contributed by atoms with E-state index in [4.69, 9.17) is 0 Å². The van der Waals surface area contributed by atoms with Crippen LogP contribution in [0.4, 0.5) is 8.78 Å². The van der Waals surface area contributed by atoms with Gasteiger partial charge in [-0.15, -0.1) is 0 Å². The van der Waals surface area contributed by atoms with Crippen LogP contribution in [0.5, 0.6) is 0 Å². The van der Waals surface area contributed by atoms with Gasteiger partial charge in [0.05, 0.1) is 0 Å². The molecular weight excluding hydrogens is 376 g/mol. The fourth-order valence-corrected chi connectivity index (χ4v) is 3.15. The van der Waals surface area contributed by atoms with Crippen LogP contribution >= 0.6 is 0 Å². The lowest BCUT2D eigenvalue weighted by molar-refractivity contribution is -0.127. The van der Waals surface area contributed by atoms with Crippen LogP contribution in [0.25, 0.3) is 0 Å². The van der Waals surface area contributed by atoms with E-state index in [9.17, 15) is 13.6 Å². The summed E-state index contributed by atoms with van der Waals surface area (Å²) in [5, 5.41) is 6.74. The van der Waals surface area contributed by atoms with Gasteiger partial charge in [0.25, 0.3) is 0 Å². The Kier molecular flexibility index (Phi) is 9.31. The summed E-state index contributed by atoms with van der Waals surface area (Å²) >= 11 is 0. The number of benzene rings is 1. The van der Waals surface area contributed by atoms with Crippen LogP contribution in [0.3, 0.4) is 0 Å². The summed E-state index contributed by atoms with van der Waals surface area (Å²) in [6.45, 7) is 5.38. The molecule has 1 aromatic carbocycles. The number of piperidine rings is 1. The molecule has 0 atom stereocenters. The largest absolute Gasteiger partial charge is 0.356 e. The number of likely N-dealkylation sites (N-methyl/N-ethyl adjacent to an activating group) is 1. The van der Waals surface area contributed by atoms with Crippen molar-refractivity contribution in [2.75, 3.05) is 40.3 Å². The molecule has 1 aromatic rings. The molecule has 8 heteroatoms. The number of nitrogens with one attached hydrogen (secondary N) is 2. The second-order valence-corrected chi connectivity index (χ2v) is 7.68. The first-order valence-electron chi connectivity index (χ1n) is 10.3. The quantitative estimate of drug-likeness (QED) is 0.393. The van der Waals surface area contributed by atoms with Crippen LogP contribution in [0, 0.1) is 11.6 Å². The molecule has 1 aliphatic heterocycles. The summed E-state index contributed by atoms with van der Waals surface area (Å²) in [5.41, 5.74) is 0.779. The first kappa shape index (κ1) is 23.1. The zero-order valence-corrected chi connectivity index (χ0v) is 17.7. The van der Waals surface area contributed by atoms with E-state index in [1.54, 1.807) is 20.2 Å². The van der Waals surface area contributed by atoms with E-state index in [1.807, 2.05) is 0 Å². The molecule has 2 N–H and O–H groups in total. The zero-order valence-electron chi connectivity index (χ0n) is 17.7. The molecular formula is C21H33F2N5O. The Hall–Kier alpha value is -2.22. The molecule has 1 saturated heterocycles. The van der Waals surface area contributed by atoms with Crippen molar-refractivity contribution in [3.63, 3.8) is 0 Å². The average Bonchev–Trinajstić information content (AvgIpc) is 2.70. The second kappa shape index (κ2) is 11.7. The van der Waals surface area contributed by atoms with Crippen molar-refractivity contribution >= 4 is 11.9 Å². The number of likely N-dealkylation sites (tertiary alicyclic amines) is 1. The van der Waals surface area contributed by atoms with E-state index in [2.05, 4.69) is 27.4 Å². The molecule has 0 aliphatic carbocycles. The highest BCUT2D eigenvalue weighted by molar-refractivity contribution is 5.84. The van der Waals surface area contributed by atoms with Gasteiger partial charge in [0.1, 0.15) is 6.54 Å². The van der Waals surface area contributed by atoms with Crippen molar-refractivity contribution in [3.8, 4) is 0 Å². The molecule has 0 radical (unpaired) electrons. The van der Waals surface area contributed by atoms with E-state index in [1.165, 1.54) is 17.0 Å². The number of amides is 1. The molecule has 29 heavy (non-hydrogen) atoms. The van der Waals surface area contributed by atoms with Gasteiger partial charge in [0, 0.05) is 46.3 Å². The molecule has 0 unspecified atom stereocenters. The Morgan fingerprint density at radius 3 is 2.59 bits per heavy atom. The fourth-order valence-electron chi connectivity index (χ4n) is 3.15. The Labute approximate surface area is 172 Å². The summed E-state index contributed by atoms with van der Waals surface area (Å²) in [4.78, 5) is 20.0. The molecule has 0 bridgehead atoms. The molecule has 1 amide bonds. The third-order valence-corrected chi connectivity index (χ3v) is 5.01. The van der Waals surface area contributed by atoms with Crippen molar-refractivity contribution in [3.05, 3.63) is 35.4 Å². The molecule has 6 nitrogen and oxygen atoms in total. The van der Waals surface area contributed by atoms with E-state index in [0.717, 1.165) is 50.9 Å². The van der Waals surface area contributed by atoms with E-state index in [-0.39, 0.29) is 18.5 Å². The molecule has 2 rings (SSSR count). The molecule has 162 valence electrons. The summed E-state index contributed by atoms with van der Waals surface area (Å²) in [7, 11) is 3.44. The maximum Gasteiger partial charge on any atom is 0.243 e. The number of halogens is 2. The maximum atomic E-state index is 13.4. The van der Waals surface area contributed by atoms with Crippen molar-refractivity contribution in [2.24, 2.45) is 4.99 Å². The third-order valence-electron chi connectivity index (χ3n) is 5.01. The van der Waals surface area contributed by atoms with E-state index < -0.39 is 11.6 Å². The van der Waals surface area contributed by atoms with Gasteiger partial charge < -0.3 is 15.5 Å². The minimum atomic E-state index is -0.813. The normalized spacial score (nSPS) is 16.0. The van der Waals surface area contributed by atoms with Crippen molar-refractivity contribution in [1.29, 1.82) is 0 Å². The number of carbonyl (C=O) groups is 1. The highest BCUT2D eigenvalue weighted by atomic mass is 19.2. The maximum absolute atomic E-state index is 13.4. The molecule has 1 fully saturated rings. The first-order chi connectivity index (χ1) is 13.9. The van der Waals surface area contributed by atoms with Crippen molar-refractivity contribution in [2.45, 2.75) is 45.2 Å². The Morgan fingerprint density at radius 2 is 1.97 bits per heavy atom. The van der Waals surface area contributed by atoms with Crippen LogP contribution in [0.2, 0.25) is 0 Å². The van der Waals surface area contributed by atoms with Gasteiger partial charge in [-0.25, -0.2) is 13.8 Å². The lowest BCUT2D eigenvalue weighted by Gasteiger charge is -2.33. The predicted octanol–water partition coefficient (Wildman–Crippen LogP) is 2.35. The second-order valence-electron chi connectivity index (χ2n) is 7.68. The number of carbonyl (C=O) groups excluding carboxylic acids is 1. The van der Waals surface area contributed by atoms with Crippen LogP contribution in [0.15, 0.2) is 23.2 Å². The van der Waals surface area contributed by atoms with E-state index in [0.29, 0.717) is 12.5 Å². The van der Waals surface area contributed by atoms with Gasteiger partial charge >= 0.3 is 0 Å². The van der Waals surface area contributed by atoms with Gasteiger partial charge in [0.2, 0.25) is 5.91 Å². The zero-order chi connectivity index (χ0) is 21.2. The van der Waals surface area contributed by atoms with Crippen LogP contribution in [0.1, 0.15) is 38.2 Å². The number of rotatable bonds is 8. The summed E-state index contributed by atoms with van der Waals surface area (Å²) in [5.74, 6) is -0.979. The monoisotopic (exact) mass is 409 g/mol. The third kappa shape index (κ3) is 7.97. The molecule has 1 aliphatic rings. The van der Waals surface area contributed by atoms with E-state index >= 15 is 0 Å². The average molecular weight is 410 g/mol. The lowest BCUT2D eigenvalue weighted by Crippen LogP contribution is -2.49. The molecule has 0 aromatic heterocycles. The number of hydrogen-bond donors (Lipinski definition) is 2. The van der Waals surface area contributed by atoms with Crippen molar-refractivity contribution in [1.82, 2.24) is 20.4 Å². The lowest BCUT2D eigenvalue weighted by atomic mass is 10.0. The summed E-state index contributed by atoms with van der Waals surface area (Å²) in [6, 6.07) is 4.34. The number of guanidine groups is 1. The van der Waals surface area contributed by atoms with Gasteiger partial charge in [-0.3, -0.25) is 9.69 Å². The Bertz CT molecular complexity index is 688. The highest BCUT2D eigenvalue weighted by Gasteiger charge is 2.20. The molecule has 0 saturated carbocycles. The van der Waals surface area contributed by atoms with Gasteiger partial charge in [-0.1, -0.05) is 19.4 Å². The number of aliphatic imine (C=N–C) groups is 1. The van der Waals surface area contributed by atoms with Crippen molar-refractivity contribution < 1.29 is 13.6 Å². The van der Waals surface area contributed by atoms with Gasteiger partial charge in [0.15, 0.2) is 17.6 Å². The number of nitrogens with zero attached hydrogens (tertiary/aromatic N) is 3. The smallest absolute Gasteiger partial charge is 0.243 e. The number of hydrogen-bond acceptors (Lipinski definition) is 3. The predicted molar refractivity (Wildman–Crippen MR) is 112 cm³/mol. The molecule has 1 heterocycles. The standard InChI is InChI=1S/C21H33F2N5O/c1-4-5-10-24-21(25-14-20(29)27(2)3)26-17-8-11-28(12-9-17)15-16-6-7-18(22)19(23)13-16/h6-7,13,17H,4-5,8-12,14-15H2,1-3H3,(H2,24,25,26). The van der Waals surface area contributed by atoms with Crippen LogP contribution in [-0.4, -0.2) is 68.0 Å². The Balaban J connectivity index is 1.85. The molecule has 0 spiro atoms. The minimum Gasteiger partial charge on any atom is -0.356 e. The van der Waals surface area contributed by atoms with Gasteiger partial charge in [-0.05, 0) is 37.0 Å². The Morgan fingerprint density at radius 1 is 1.24 bits per heavy atom. The minimum absolute atomic E-state index is 0.0389. The topological polar surface area (TPSA) is 60.0 Å². The van der Waals surface area contributed by atoms with Crippen LogP contribution in [-0.2, 0) is 11.3 Å². The fraction of sp³-hybridized carbons (Fsp3) is 0.619. The summed E-state index contributed by atoms with van der Waals surface area (Å²) < 4.78 is 26.5.